The molecule has 3 aromatic rings. The number of pyridine rings is 1. The van der Waals surface area contributed by atoms with E-state index in [-0.39, 0.29) is 5.69 Å². The van der Waals surface area contributed by atoms with Gasteiger partial charge in [-0.25, -0.2) is 9.78 Å². The molecule has 0 aliphatic carbocycles. The minimum Gasteiger partial charge on any atom is -0.465 e. The Balaban J connectivity index is 1.96. The molecule has 0 aliphatic heterocycles. The van der Waals surface area contributed by atoms with Crippen LogP contribution in [0.15, 0.2) is 42.6 Å². The van der Waals surface area contributed by atoms with Crippen molar-refractivity contribution in [2.24, 2.45) is 0 Å². The molecule has 6 nitrogen and oxygen atoms in total. The summed E-state index contributed by atoms with van der Waals surface area (Å²) in [5, 5.41) is 3.01. The summed E-state index contributed by atoms with van der Waals surface area (Å²) in [6.07, 6.45) is 1.83. The van der Waals surface area contributed by atoms with Crippen molar-refractivity contribution in [1.82, 2.24) is 9.38 Å². The normalized spacial score (nSPS) is 10.6. The van der Waals surface area contributed by atoms with E-state index in [4.69, 9.17) is 11.6 Å². The van der Waals surface area contributed by atoms with Gasteiger partial charge in [0.15, 0.2) is 5.69 Å². The first-order valence-corrected chi connectivity index (χ1v) is 7.52. The van der Waals surface area contributed by atoms with Crippen LogP contribution in [0, 0.1) is 6.92 Å². The van der Waals surface area contributed by atoms with Crippen LogP contribution in [-0.4, -0.2) is 28.4 Å². The maximum atomic E-state index is 12.6. The number of rotatable bonds is 3. The molecule has 1 N–H and O–H groups in total. The van der Waals surface area contributed by atoms with Crippen LogP contribution < -0.4 is 5.32 Å². The minimum atomic E-state index is -0.509. The largest absolute Gasteiger partial charge is 0.465 e. The second-order valence-corrected chi connectivity index (χ2v) is 5.51. The Labute approximate surface area is 143 Å². The fourth-order valence-corrected chi connectivity index (χ4v) is 2.57. The molecule has 2 heterocycles. The predicted octanol–water partition coefficient (Wildman–Crippen LogP) is 3.34. The lowest BCUT2D eigenvalue weighted by atomic mass is 10.2. The van der Waals surface area contributed by atoms with E-state index in [0.29, 0.717) is 27.6 Å². The Kier molecular flexibility index (Phi) is 4.22. The van der Waals surface area contributed by atoms with Gasteiger partial charge >= 0.3 is 5.97 Å². The summed E-state index contributed by atoms with van der Waals surface area (Å²) >= 11 is 6.11. The highest BCUT2D eigenvalue weighted by molar-refractivity contribution is 6.34. The Morgan fingerprint density at radius 1 is 1.25 bits per heavy atom. The lowest BCUT2D eigenvalue weighted by Gasteiger charge is -2.08. The zero-order valence-corrected chi connectivity index (χ0v) is 13.8. The maximum Gasteiger partial charge on any atom is 0.337 e. The third-order valence-electron chi connectivity index (χ3n) is 3.58. The summed E-state index contributed by atoms with van der Waals surface area (Å²) < 4.78 is 6.49. The topological polar surface area (TPSA) is 72.7 Å². The standard InChI is InChI=1S/C17H14ClN3O3/c1-10-19-15(14-5-3-4-8-21(10)14)16(22)20-13-9-11(17(23)24-2)6-7-12(13)18/h3-9H,1-2H3,(H,20,22). The molecule has 3 rings (SSSR count). The lowest BCUT2D eigenvalue weighted by Crippen LogP contribution is -2.14. The molecule has 0 saturated heterocycles. The number of anilines is 1. The monoisotopic (exact) mass is 343 g/mol. The Bertz CT molecular complexity index is 949. The smallest absolute Gasteiger partial charge is 0.337 e. The first-order chi connectivity index (χ1) is 11.5. The lowest BCUT2D eigenvalue weighted by molar-refractivity contribution is 0.0600. The van der Waals surface area contributed by atoms with Crippen LogP contribution in [0.25, 0.3) is 5.52 Å². The van der Waals surface area contributed by atoms with Crippen molar-refractivity contribution in [3.8, 4) is 0 Å². The van der Waals surface area contributed by atoms with Crippen molar-refractivity contribution >= 4 is 34.7 Å². The second kappa shape index (κ2) is 6.33. The molecule has 0 atom stereocenters. The molecule has 0 radical (unpaired) electrons. The van der Waals surface area contributed by atoms with Gasteiger partial charge in [-0.3, -0.25) is 4.79 Å². The van der Waals surface area contributed by atoms with Gasteiger partial charge in [0.05, 0.1) is 28.9 Å². The van der Waals surface area contributed by atoms with E-state index in [9.17, 15) is 9.59 Å². The van der Waals surface area contributed by atoms with Gasteiger partial charge in [-0.15, -0.1) is 0 Å². The number of fused-ring (bicyclic) bond motifs is 1. The van der Waals surface area contributed by atoms with Crippen LogP contribution in [-0.2, 0) is 4.74 Å². The molecular formula is C17H14ClN3O3. The molecule has 0 bridgehead atoms. The van der Waals surface area contributed by atoms with Gasteiger partial charge in [0.2, 0.25) is 0 Å². The number of aryl methyl sites for hydroxylation is 1. The highest BCUT2D eigenvalue weighted by atomic mass is 35.5. The zero-order valence-electron chi connectivity index (χ0n) is 13.0. The van der Waals surface area contributed by atoms with Gasteiger partial charge in [0.1, 0.15) is 5.82 Å². The summed E-state index contributed by atoms with van der Waals surface area (Å²) in [6, 6.07) is 10.0. The number of methoxy groups -OCH3 is 1. The SMILES string of the molecule is COC(=O)c1ccc(Cl)c(NC(=O)c2nc(C)n3ccccc23)c1. The number of benzene rings is 1. The Hall–Kier alpha value is -2.86. The van der Waals surface area contributed by atoms with Crippen LogP contribution in [0.1, 0.15) is 26.7 Å². The number of nitrogens with zero attached hydrogens (tertiary/aromatic N) is 2. The Morgan fingerprint density at radius 2 is 2.04 bits per heavy atom. The second-order valence-electron chi connectivity index (χ2n) is 5.10. The molecule has 0 saturated carbocycles. The number of amides is 1. The number of carbonyl (C=O) groups is 2. The van der Waals surface area contributed by atoms with Crippen LogP contribution in [0.2, 0.25) is 5.02 Å². The summed E-state index contributed by atoms with van der Waals surface area (Å²) in [6.45, 7) is 1.81. The number of carbonyl (C=O) groups excluding carboxylic acids is 2. The van der Waals surface area contributed by atoms with Gasteiger partial charge in [0.25, 0.3) is 5.91 Å². The summed E-state index contributed by atoms with van der Waals surface area (Å²) in [4.78, 5) is 28.5. The van der Waals surface area contributed by atoms with Crippen molar-refractivity contribution in [2.45, 2.75) is 6.92 Å². The minimum absolute atomic E-state index is 0.285. The molecule has 1 aromatic carbocycles. The van der Waals surface area contributed by atoms with Gasteiger partial charge < -0.3 is 14.5 Å². The Morgan fingerprint density at radius 3 is 2.79 bits per heavy atom. The van der Waals surface area contributed by atoms with Gasteiger partial charge in [-0.1, -0.05) is 17.7 Å². The quantitative estimate of drug-likeness (QED) is 0.740. The van der Waals surface area contributed by atoms with Crippen LogP contribution in [0.3, 0.4) is 0 Å². The number of hydrogen-bond acceptors (Lipinski definition) is 4. The van der Waals surface area contributed by atoms with E-state index in [0.717, 1.165) is 0 Å². The van der Waals surface area contributed by atoms with Crippen molar-refractivity contribution in [1.29, 1.82) is 0 Å². The molecule has 1 amide bonds. The first kappa shape index (κ1) is 16.0. The molecule has 0 spiro atoms. The fourth-order valence-electron chi connectivity index (χ4n) is 2.41. The third-order valence-corrected chi connectivity index (χ3v) is 3.91. The molecule has 0 aliphatic rings. The molecule has 24 heavy (non-hydrogen) atoms. The van der Waals surface area contributed by atoms with Crippen LogP contribution in [0.5, 0.6) is 0 Å². The summed E-state index contributed by atoms with van der Waals surface area (Å²) in [5.74, 6) is -0.216. The number of ether oxygens (including phenoxy) is 1. The third kappa shape index (κ3) is 2.83. The molecular weight excluding hydrogens is 330 g/mol. The van der Waals surface area contributed by atoms with E-state index < -0.39 is 11.9 Å². The summed E-state index contributed by atoms with van der Waals surface area (Å²) in [7, 11) is 1.29. The molecule has 122 valence electrons. The number of esters is 1. The molecule has 0 fully saturated rings. The van der Waals surface area contributed by atoms with E-state index in [2.05, 4.69) is 15.0 Å². The van der Waals surface area contributed by atoms with Crippen molar-refractivity contribution < 1.29 is 14.3 Å². The van der Waals surface area contributed by atoms with Crippen LogP contribution >= 0.6 is 11.6 Å². The summed E-state index contributed by atoms with van der Waals surface area (Å²) in [5.41, 5.74) is 1.59. The highest BCUT2D eigenvalue weighted by Crippen LogP contribution is 2.24. The van der Waals surface area contributed by atoms with E-state index in [1.54, 1.807) is 6.07 Å². The van der Waals surface area contributed by atoms with Crippen molar-refractivity contribution in [3.05, 3.63) is 64.7 Å². The first-order valence-electron chi connectivity index (χ1n) is 7.14. The average Bonchev–Trinajstić information content (AvgIpc) is 2.93. The fraction of sp³-hybridized carbons (Fsp3) is 0.118. The van der Waals surface area contributed by atoms with E-state index >= 15 is 0 Å². The average molecular weight is 344 g/mol. The maximum absolute atomic E-state index is 12.6. The van der Waals surface area contributed by atoms with Crippen molar-refractivity contribution in [3.63, 3.8) is 0 Å². The van der Waals surface area contributed by atoms with E-state index in [1.165, 1.54) is 25.3 Å². The van der Waals surface area contributed by atoms with E-state index in [1.807, 2.05) is 29.7 Å². The van der Waals surface area contributed by atoms with Gasteiger partial charge in [0, 0.05) is 6.20 Å². The number of hydrogen-bond donors (Lipinski definition) is 1. The molecule has 7 heteroatoms. The van der Waals surface area contributed by atoms with Gasteiger partial charge in [-0.05, 0) is 37.3 Å². The van der Waals surface area contributed by atoms with Gasteiger partial charge in [-0.2, -0.15) is 0 Å². The van der Waals surface area contributed by atoms with Crippen molar-refractivity contribution in [2.75, 3.05) is 12.4 Å². The van der Waals surface area contributed by atoms with Crippen LogP contribution in [0.4, 0.5) is 5.69 Å². The zero-order chi connectivity index (χ0) is 17.3. The number of halogens is 1. The number of aromatic nitrogens is 2. The predicted molar refractivity (Wildman–Crippen MR) is 90.7 cm³/mol. The number of nitrogens with one attached hydrogen (secondary N) is 1. The molecule has 2 aromatic heterocycles. The number of imidazole rings is 1. The highest BCUT2D eigenvalue weighted by Gasteiger charge is 2.17. The molecule has 0 unspecified atom stereocenters.